The predicted octanol–water partition coefficient (Wildman–Crippen LogP) is 2.56. The average Bonchev–Trinajstić information content (AvgIpc) is 2.74. The van der Waals surface area contributed by atoms with Gasteiger partial charge in [0.1, 0.15) is 0 Å². The van der Waals surface area contributed by atoms with E-state index in [4.69, 9.17) is 17.0 Å². The molecular formula is C20H31N3O3S2. The number of hydrogen-bond acceptors (Lipinski definition) is 4. The molecule has 1 N–H and O–H groups in total. The molecule has 0 aromatic heterocycles. The zero-order chi connectivity index (χ0) is 20.0. The Bertz CT molecular complexity index is 738. The van der Waals surface area contributed by atoms with Crippen LogP contribution in [-0.4, -0.2) is 69.2 Å². The van der Waals surface area contributed by atoms with Gasteiger partial charge in [-0.2, -0.15) is 4.31 Å². The van der Waals surface area contributed by atoms with Crippen molar-refractivity contribution in [2.24, 2.45) is 0 Å². The van der Waals surface area contributed by atoms with Crippen LogP contribution in [0.15, 0.2) is 29.2 Å². The first-order valence-corrected chi connectivity index (χ1v) is 12.0. The van der Waals surface area contributed by atoms with Crippen molar-refractivity contribution >= 4 is 27.4 Å². The van der Waals surface area contributed by atoms with Crippen LogP contribution in [0.3, 0.4) is 0 Å². The van der Waals surface area contributed by atoms with Crippen LogP contribution in [-0.2, 0) is 14.8 Å². The monoisotopic (exact) mass is 425 g/mol. The van der Waals surface area contributed by atoms with E-state index < -0.39 is 10.0 Å². The number of benzene rings is 1. The molecular weight excluding hydrogens is 394 g/mol. The maximum Gasteiger partial charge on any atom is 0.243 e. The fourth-order valence-electron chi connectivity index (χ4n) is 4.00. The molecule has 1 aliphatic heterocycles. The normalized spacial score (nSPS) is 19.5. The van der Waals surface area contributed by atoms with Gasteiger partial charge in [-0.3, -0.25) is 0 Å². The number of methoxy groups -OCH3 is 1. The third kappa shape index (κ3) is 5.23. The van der Waals surface area contributed by atoms with E-state index in [2.05, 4.69) is 5.32 Å². The molecule has 0 spiro atoms. The number of thiocarbonyl (C=S) groups is 1. The molecule has 6 nitrogen and oxygen atoms in total. The second-order valence-corrected chi connectivity index (χ2v) is 9.84. The summed E-state index contributed by atoms with van der Waals surface area (Å²) in [4.78, 5) is 2.41. The van der Waals surface area contributed by atoms with Crippen molar-refractivity contribution in [2.75, 3.05) is 46.4 Å². The summed E-state index contributed by atoms with van der Waals surface area (Å²) in [6, 6.07) is 7.58. The Morgan fingerprint density at radius 3 is 2.36 bits per heavy atom. The maximum atomic E-state index is 13.0. The van der Waals surface area contributed by atoms with E-state index >= 15 is 0 Å². The molecule has 2 aliphatic rings. The van der Waals surface area contributed by atoms with E-state index in [1.54, 1.807) is 23.5 Å². The van der Waals surface area contributed by atoms with Gasteiger partial charge >= 0.3 is 0 Å². The molecule has 1 aliphatic carbocycles. The van der Waals surface area contributed by atoms with E-state index in [0.29, 0.717) is 55.3 Å². The molecule has 0 unspecified atom stereocenters. The van der Waals surface area contributed by atoms with E-state index in [9.17, 15) is 8.42 Å². The number of rotatable bonds is 6. The Labute approximate surface area is 174 Å². The minimum absolute atomic E-state index is 0.390. The van der Waals surface area contributed by atoms with Crippen molar-refractivity contribution in [3.8, 4) is 0 Å². The lowest BCUT2D eigenvalue weighted by molar-refractivity contribution is 0.201. The van der Waals surface area contributed by atoms with E-state index in [0.717, 1.165) is 0 Å². The Kier molecular flexibility index (Phi) is 7.68. The van der Waals surface area contributed by atoms with Crippen molar-refractivity contribution in [2.45, 2.75) is 42.9 Å². The fourth-order valence-corrected chi connectivity index (χ4v) is 5.71. The lowest BCUT2D eigenvalue weighted by Gasteiger charge is -2.35. The number of sulfonamides is 1. The smallest absolute Gasteiger partial charge is 0.243 e. The van der Waals surface area contributed by atoms with Crippen LogP contribution in [0.1, 0.15) is 43.6 Å². The van der Waals surface area contributed by atoms with E-state index in [-0.39, 0.29) is 0 Å². The first-order chi connectivity index (χ1) is 13.5. The van der Waals surface area contributed by atoms with Gasteiger partial charge in [-0.25, -0.2) is 8.42 Å². The molecule has 1 heterocycles. The highest BCUT2D eigenvalue weighted by molar-refractivity contribution is 7.89. The predicted molar refractivity (Wildman–Crippen MR) is 115 cm³/mol. The van der Waals surface area contributed by atoms with Crippen LogP contribution in [0, 0.1) is 0 Å². The van der Waals surface area contributed by atoms with Crippen molar-refractivity contribution in [1.29, 1.82) is 0 Å². The Morgan fingerprint density at radius 2 is 1.75 bits per heavy atom. The first kappa shape index (κ1) is 21.5. The zero-order valence-electron chi connectivity index (χ0n) is 16.6. The molecule has 3 rings (SSSR count). The average molecular weight is 426 g/mol. The third-order valence-corrected chi connectivity index (χ3v) is 8.02. The third-order valence-electron chi connectivity index (χ3n) is 5.70. The second kappa shape index (κ2) is 10.0. The number of ether oxygens (including phenoxy) is 1. The largest absolute Gasteiger partial charge is 0.383 e. The molecule has 1 saturated carbocycles. The summed E-state index contributed by atoms with van der Waals surface area (Å²) in [6.07, 6.45) is 6.30. The summed E-state index contributed by atoms with van der Waals surface area (Å²) in [6.45, 7) is 3.32. The summed E-state index contributed by atoms with van der Waals surface area (Å²) >= 11 is 5.38. The van der Waals surface area contributed by atoms with Crippen LogP contribution in [0.4, 0.5) is 0 Å². The summed E-state index contributed by atoms with van der Waals surface area (Å²) in [5, 5.41) is 3.80. The van der Waals surface area contributed by atoms with Crippen molar-refractivity contribution < 1.29 is 13.2 Å². The SMILES string of the molecule is COCCNC(=S)N1CCN(S(=O)(=O)c2ccc(C3CCCCC3)cc2)CC1. The second-order valence-electron chi connectivity index (χ2n) is 7.52. The molecule has 28 heavy (non-hydrogen) atoms. The summed E-state index contributed by atoms with van der Waals surface area (Å²) in [5.74, 6) is 0.584. The number of piperazine rings is 1. The highest BCUT2D eigenvalue weighted by Crippen LogP contribution is 2.33. The molecule has 1 aromatic carbocycles. The molecule has 0 amide bonds. The van der Waals surface area contributed by atoms with Gasteiger partial charge in [-0.15, -0.1) is 0 Å². The van der Waals surface area contributed by atoms with Crippen molar-refractivity contribution in [1.82, 2.24) is 14.5 Å². The Balaban J connectivity index is 1.57. The van der Waals surface area contributed by atoms with Gasteiger partial charge in [0.2, 0.25) is 10.0 Å². The van der Waals surface area contributed by atoms with Crippen molar-refractivity contribution in [3.05, 3.63) is 29.8 Å². The Hall–Kier alpha value is -1.22. The number of nitrogens with zero attached hydrogens (tertiary/aromatic N) is 2. The lowest BCUT2D eigenvalue weighted by Crippen LogP contribution is -2.53. The number of nitrogens with one attached hydrogen (secondary N) is 1. The zero-order valence-corrected chi connectivity index (χ0v) is 18.2. The highest BCUT2D eigenvalue weighted by Gasteiger charge is 2.29. The first-order valence-electron chi connectivity index (χ1n) is 10.1. The molecule has 0 radical (unpaired) electrons. The summed E-state index contributed by atoms with van der Waals surface area (Å²) < 4.78 is 32.6. The maximum absolute atomic E-state index is 13.0. The summed E-state index contributed by atoms with van der Waals surface area (Å²) in [7, 11) is -1.81. The molecule has 0 bridgehead atoms. The van der Waals surface area contributed by atoms with Crippen molar-refractivity contribution in [3.63, 3.8) is 0 Å². The quantitative estimate of drug-likeness (QED) is 0.558. The number of hydrogen-bond donors (Lipinski definition) is 1. The lowest BCUT2D eigenvalue weighted by atomic mass is 9.84. The molecule has 0 atom stereocenters. The van der Waals surface area contributed by atoms with Gasteiger partial charge in [0.25, 0.3) is 0 Å². The van der Waals surface area contributed by atoms with Gasteiger partial charge in [0, 0.05) is 39.8 Å². The van der Waals surface area contributed by atoms with Crippen LogP contribution in [0.5, 0.6) is 0 Å². The Morgan fingerprint density at radius 1 is 1.11 bits per heavy atom. The fraction of sp³-hybridized carbons (Fsp3) is 0.650. The minimum Gasteiger partial charge on any atom is -0.383 e. The highest BCUT2D eigenvalue weighted by atomic mass is 32.2. The molecule has 1 saturated heterocycles. The molecule has 2 fully saturated rings. The van der Waals surface area contributed by atoms with Crippen LogP contribution >= 0.6 is 12.2 Å². The topological polar surface area (TPSA) is 61.9 Å². The van der Waals surface area contributed by atoms with Crippen LogP contribution < -0.4 is 5.32 Å². The van der Waals surface area contributed by atoms with Crippen LogP contribution in [0.25, 0.3) is 0 Å². The molecule has 156 valence electrons. The van der Waals surface area contributed by atoms with E-state index in [1.807, 2.05) is 17.0 Å². The minimum atomic E-state index is -3.46. The van der Waals surface area contributed by atoms with Gasteiger partial charge < -0.3 is 15.0 Å². The van der Waals surface area contributed by atoms with Gasteiger partial charge in [-0.1, -0.05) is 31.4 Å². The van der Waals surface area contributed by atoms with Gasteiger partial charge in [0.05, 0.1) is 11.5 Å². The molecule has 8 heteroatoms. The van der Waals surface area contributed by atoms with E-state index in [1.165, 1.54) is 37.7 Å². The van der Waals surface area contributed by atoms with Crippen LogP contribution in [0.2, 0.25) is 0 Å². The summed E-state index contributed by atoms with van der Waals surface area (Å²) in [5.41, 5.74) is 1.27. The van der Waals surface area contributed by atoms with Gasteiger partial charge in [0.15, 0.2) is 5.11 Å². The molecule has 1 aromatic rings. The standard InChI is InChI=1S/C20H31N3O3S2/c1-26-16-11-21-20(27)22-12-14-23(15-13-22)28(24,25)19-9-7-18(8-10-19)17-5-3-2-4-6-17/h7-10,17H,2-6,11-16H2,1H3,(H,21,27). The van der Waals surface area contributed by atoms with Gasteiger partial charge in [-0.05, 0) is 48.7 Å².